The van der Waals surface area contributed by atoms with Gasteiger partial charge in [-0.25, -0.2) is 9.97 Å². The van der Waals surface area contributed by atoms with Crippen LogP contribution >= 0.6 is 0 Å². The van der Waals surface area contributed by atoms with Crippen LogP contribution in [-0.2, 0) is 6.42 Å². The van der Waals surface area contributed by atoms with Gasteiger partial charge in [-0.3, -0.25) is 0 Å². The molecule has 3 nitrogen and oxygen atoms in total. The summed E-state index contributed by atoms with van der Waals surface area (Å²) in [5.74, 6) is 5.91. The molecular formula is C15H21N3. The summed E-state index contributed by atoms with van der Waals surface area (Å²) in [6, 6.07) is 2.85. The number of anilines is 1. The van der Waals surface area contributed by atoms with E-state index in [0.717, 1.165) is 53.5 Å². The van der Waals surface area contributed by atoms with Gasteiger partial charge in [-0.1, -0.05) is 6.92 Å². The Hall–Kier alpha value is -1.12. The smallest absolute Gasteiger partial charge is 0.130 e. The van der Waals surface area contributed by atoms with Crippen LogP contribution in [0.15, 0.2) is 6.07 Å². The highest BCUT2D eigenvalue weighted by Gasteiger charge is 2.65. The normalized spacial score (nSPS) is 39.8. The summed E-state index contributed by atoms with van der Waals surface area (Å²) >= 11 is 0. The van der Waals surface area contributed by atoms with Gasteiger partial charge in [0.25, 0.3) is 0 Å². The third kappa shape index (κ3) is 1.49. The number of aryl methyl sites for hydroxylation is 2. The van der Waals surface area contributed by atoms with Crippen LogP contribution in [0.5, 0.6) is 0 Å². The zero-order valence-electron chi connectivity index (χ0n) is 11.2. The lowest BCUT2D eigenvalue weighted by atomic mass is 10.0. The molecule has 1 heterocycles. The van der Waals surface area contributed by atoms with Crippen LogP contribution in [0.2, 0.25) is 0 Å². The fourth-order valence-corrected chi connectivity index (χ4v) is 4.57. The monoisotopic (exact) mass is 243 g/mol. The Morgan fingerprint density at radius 3 is 2.61 bits per heavy atom. The summed E-state index contributed by atoms with van der Waals surface area (Å²) in [5, 5.41) is 3.68. The first-order valence-corrected chi connectivity index (χ1v) is 7.37. The van der Waals surface area contributed by atoms with Crippen LogP contribution in [0.3, 0.4) is 0 Å². The fourth-order valence-electron chi connectivity index (χ4n) is 4.57. The van der Waals surface area contributed by atoms with Crippen molar-refractivity contribution in [1.82, 2.24) is 9.97 Å². The molecule has 4 atom stereocenters. The third-order valence-electron chi connectivity index (χ3n) is 5.30. The molecule has 1 aromatic heterocycles. The summed E-state index contributed by atoms with van der Waals surface area (Å²) < 4.78 is 0. The van der Waals surface area contributed by atoms with Gasteiger partial charge in [0, 0.05) is 17.8 Å². The lowest BCUT2D eigenvalue weighted by molar-refractivity contribution is 0.456. The summed E-state index contributed by atoms with van der Waals surface area (Å²) in [6.45, 7) is 4.14. The second kappa shape index (κ2) is 3.69. The van der Waals surface area contributed by atoms with E-state index < -0.39 is 0 Å². The highest BCUT2D eigenvalue weighted by molar-refractivity contribution is 5.41. The molecule has 0 aliphatic heterocycles. The molecule has 0 aromatic carbocycles. The Bertz CT molecular complexity index is 469. The van der Waals surface area contributed by atoms with Crippen molar-refractivity contribution in [3.8, 4) is 0 Å². The number of hydrogen-bond donors (Lipinski definition) is 1. The predicted molar refractivity (Wildman–Crippen MR) is 71.4 cm³/mol. The molecule has 0 radical (unpaired) electrons. The standard InChI is InChI=1S/C15H21N3/c1-3-11-7-12(17-8(2)16-11)18-15-13-9-4-5-10(6-9)14(13)15/h7,9-10,13-15H,3-6H2,1-2H3,(H,16,17,18). The van der Waals surface area contributed by atoms with Crippen molar-refractivity contribution in [2.24, 2.45) is 23.7 Å². The maximum Gasteiger partial charge on any atom is 0.130 e. The van der Waals surface area contributed by atoms with E-state index in [1.807, 2.05) is 6.92 Å². The molecule has 96 valence electrons. The maximum atomic E-state index is 4.54. The first kappa shape index (κ1) is 10.8. The SMILES string of the molecule is CCc1cc(NC2C3C4CCC(C4)C23)nc(C)n1. The number of hydrogen-bond acceptors (Lipinski definition) is 3. The van der Waals surface area contributed by atoms with Crippen LogP contribution in [0.1, 0.15) is 37.7 Å². The number of nitrogens with zero attached hydrogens (tertiary/aromatic N) is 2. The molecule has 4 rings (SSSR count). The van der Waals surface area contributed by atoms with Gasteiger partial charge in [-0.05, 0) is 56.3 Å². The van der Waals surface area contributed by atoms with Crippen LogP contribution in [0, 0.1) is 30.6 Å². The van der Waals surface area contributed by atoms with Crippen molar-refractivity contribution in [2.45, 2.75) is 45.6 Å². The van der Waals surface area contributed by atoms with Gasteiger partial charge in [-0.15, -0.1) is 0 Å². The van der Waals surface area contributed by atoms with Crippen molar-refractivity contribution >= 4 is 5.82 Å². The largest absolute Gasteiger partial charge is 0.367 e. The van der Waals surface area contributed by atoms with Crippen molar-refractivity contribution in [3.63, 3.8) is 0 Å². The molecule has 3 fully saturated rings. The Labute approximate surface area is 108 Å². The zero-order chi connectivity index (χ0) is 12.3. The van der Waals surface area contributed by atoms with Crippen molar-refractivity contribution < 1.29 is 0 Å². The van der Waals surface area contributed by atoms with Crippen LogP contribution in [-0.4, -0.2) is 16.0 Å². The first-order chi connectivity index (χ1) is 8.76. The van der Waals surface area contributed by atoms with Gasteiger partial charge in [0.2, 0.25) is 0 Å². The van der Waals surface area contributed by atoms with E-state index in [-0.39, 0.29) is 0 Å². The molecule has 0 saturated heterocycles. The van der Waals surface area contributed by atoms with Crippen molar-refractivity contribution in [3.05, 3.63) is 17.6 Å². The lowest BCUT2D eigenvalue weighted by Crippen LogP contribution is -2.14. The van der Waals surface area contributed by atoms with E-state index >= 15 is 0 Å². The molecule has 3 aliphatic rings. The first-order valence-electron chi connectivity index (χ1n) is 7.37. The second-order valence-corrected chi connectivity index (χ2v) is 6.30. The molecule has 1 aromatic rings. The highest BCUT2D eigenvalue weighted by Crippen LogP contribution is 2.66. The Kier molecular flexibility index (Phi) is 2.21. The number of nitrogens with one attached hydrogen (secondary N) is 1. The van der Waals surface area contributed by atoms with E-state index in [1.54, 1.807) is 0 Å². The predicted octanol–water partition coefficient (Wildman–Crippen LogP) is 2.80. The molecule has 4 unspecified atom stereocenters. The van der Waals surface area contributed by atoms with Crippen molar-refractivity contribution in [1.29, 1.82) is 0 Å². The summed E-state index contributed by atoms with van der Waals surface area (Å²) in [6.07, 6.45) is 5.46. The number of fused-ring (bicyclic) bond motifs is 5. The number of rotatable bonds is 3. The van der Waals surface area contributed by atoms with Crippen LogP contribution in [0.25, 0.3) is 0 Å². The van der Waals surface area contributed by atoms with Crippen LogP contribution < -0.4 is 5.32 Å². The molecule has 3 saturated carbocycles. The van der Waals surface area contributed by atoms with Gasteiger partial charge in [0.15, 0.2) is 0 Å². The van der Waals surface area contributed by atoms with Gasteiger partial charge in [0.1, 0.15) is 11.6 Å². The van der Waals surface area contributed by atoms with Crippen molar-refractivity contribution in [2.75, 3.05) is 5.32 Å². The zero-order valence-corrected chi connectivity index (χ0v) is 11.2. The molecule has 0 amide bonds. The van der Waals surface area contributed by atoms with Gasteiger partial charge in [-0.2, -0.15) is 0 Å². The fraction of sp³-hybridized carbons (Fsp3) is 0.733. The molecular weight excluding hydrogens is 222 g/mol. The minimum absolute atomic E-state index is 0.718. The van der Waals surface area contributed by atoms with Crippen LogP contribution in [0.4, 0.5) is 5.82 Å². The molecule has 18 heavy (non-hydrogen) atoms. The average Bonchev–Trinajstić information content (AvgIpc) is 2.76. The molecule has 0 spiro atoms. The number of aromatic nitrogens is 2. The van der Waals surface area contributed by atoms with E-state index in [0.29, 0.717) is 0 Å². The molecule has 3 aliphatic carbocycles. The minimum Gasteiger partial charge on any atom is -0.367 e. The Morgan fingerprint density at radius 2 is 1.94 bits per heavy atom. The Balaban J connectivity index is 1.51. The van der Waals surface area contributed by atoms with E-state index in [1.165, 1.54) is 19.3 Å². The Morgan fingerprint density at radius 1 is 1.22 bits per heavy atom. The van der Waals surface area contributed by atoms with E-state index in [9.17, 15) is 0 Å². The molecule has 3 heteroatoms. The lowest BCUT2D eigenvalue weighted by Gasteiger charge is -2.12. The summed E-state index contributed by atoms with van der Waals surface area (Å²) in [7, 11) is 0. The third-order valence-corrected chi connectivity index (χ3v) is 5.30. The van der Waals surface area contributed by atoms with Gasteiger partial charge in [0.05, 0.1) is 0 Å². The minimum atomic E-state index is 0.718. The summed E-state index contributed by atoms with van der Waals surface area (Å²) in [5.41, 5.74) is 1.15. The maximum absolute atomic E-state index is 4.54. The van der Waals surface area contributed by atoms with Gasteiger partial charge >= 0.3 is 0 Å². The van der Waals surface area contributed by atoms with E-state index in [4.69, 9.17) is 0 Å². The molecule has 1 N–H and O–H groups in total. The van der Waals surface area contributed by atoms with Gasteiger partial charge < -0.3 is 5.32 Å². The summed E-state index contributed by atoms with van der Waals surface area (Å²) in [4.78, 5) is 8.98. The quantitative estimate of drug-likeness (QED) is 0.887. The highest BCUT2D eigenvalue weighted by atomic mass is 15.1. The topological polar surface area (TPSA) is 37.8 Å². The second-order valence-electron chi connectivity index (χ2n) is 6.30. The average molecular weight is 243 g/mol. The molecule has 2 bridgehead atoms. The van der Waals surface area contributed by atoms with E-state index in [2.05, 4.69) is 28.3 Å².